The summed E-state index contributed by atoms with van der Waals surface area (Å²) >= 11 is 0. The van der Waals surface area contributed by atoms with E-state index in [1.807, 2.05) is 16.7 Å². The maximum Gasteiger partial charge on any atom is 0.317 e. The number of aliphatic hydroxyl groups excluding tert-OH is 1. The largest absolute Gasteiger partial charge is 0.512 e. The third-order valence-electron chi connectivity index (χ3n) is 5.41. The van der Waals surface area contributed by atoms with Gasteiger partial charge in [0.05, 0.1) is 31.9 Å². The van der Waals surface area contributed by atoms with E-state index in [0.717, 1.165) is 6.42 Å². The normalized spacial score (nSPS) is 18.0. The van der Waals surface area contributed by atoms with Gasteiger partial charge in [-0.3, -0.25) is 34.0 Å². The van der Waals surface area contributed by atoms with E-state index in [9.17, 15) is 29.7 Å². The van der Waals surface area contributed by atoms with Crippen molar-refractivity contribution in [3.63, 3.8) is 0 Å². The van der Waals surface area contributed by atoms with Crippen molar-refractivity contribution in [2.45, 2.75) is 13.3 Å². The third-order valence-corrected chi connectivity index (χ3v) is 5.41. The molecule has 1 rings (SSSR count). The number of carboxylic acids is 2. The summed E-state index contributed by atoms with van der Waals surface area (Å²) in [6.45, 7) is 11.0. The number of aliphatic hydroxyl groups is 1. The predicted molar refractivity (Wildman–Crippen MR) is 127 cm³/mol. The van der Waals surface area contributed by atoms with Crippen LogP contribution in [0.1, 0.15) is 13.3 Å². The molecule has 1 aliphatic heterocycles. The fourth-order valence-corrected chi connectivity index (χ4v) is 3.66. The summed E-state index contributed by atoms with van der Waals surface area (Å²) < 4.78 is 5.27. The maximum absolute atomic E-state index is 12.4. The molecular formula is C22H41N5O7. The lowest BCUT2D eigenvalue weighted by Crippen LogP contribution is -2.49. The van der Waals surface area contributed by atoms with E-state index in [1.165, 1.54) is 0 Å². The highest BCUT2D eigenvalue weighted by Crippen LogP contribution is 2.02. The smallest absolute Gasteiger partial charge is 0.317 e. The average molecular weight is 488 g/mol. The Morgan fingerprint density at radius 3 is 1.56 bits per heavy atom. The minimum absolute atomic E-state index is 0.0000995. The van der Waals surface area contributed by atoms with Gasteiger partial charge in [0.1, 0.15) is 0 Å². The molecule has 0 atom stereocenters. The zero-order valence-corrected chi connectivity index (χ0v) is 20.3. The monoisotopic (exact) mass is 487 g/mol. The molecule has 4 N–H and O–H groups in total. The van der Waals surface area contributed by atoms with E-state index in [1.54, 1.807) is 9.80 Å². The lowest BCUT2D eigenvalue weighted by Gasteiger charge is -2.33. The highest BCUT2D eigenvalue weighted by atomic mass is 16.5. The maximum atomic E-state index is 12.4. The first-order valence-corrected chi connectivity index (χ1v) is 11.7. The fraction of sp³-hybridized carbons (Fsp3) is 0.773. The van der Waals surface area contributed by atoms with Crippen LogP contribution in [0.15, 0.2) is 12.3 Å². The number of carboxylic acid groups (broad SMARTS) is 2. The number of amides is 1. The summed E-state index contributed by atoms with van der Waals surface area (Å²) in [6, 6.07) is 0. The van der Waals surface area contributed by atoms with Gasteiger partial charge >= 0.3 is 11.9 Å². The predicted octanol–water partition coefficient (Wildman–Crippen LogP) is -1.01. The lowest BCUT2D eigenvalue weighted by molar-refractivity contribution is -0.139. The number of hydrogen-bond donors (Lipinski definition) is 4. The molecule has 196 valence electrons. The number of nitrogens with one attached hydrogen (secondary N) is 1. The van der Waals surface area contributed by atoms with Crippen molar-refractivity contribution < 1.29 is 34.4 Å². The number of carbonyl (C=O) groups is 3. The molecule has 0 saturated carbocycles. The number of ether oxygens (including phenoxy) is 1. The van der Waals surface area contributed by atoms with Crippen LogP contribution in [-0.2, 0) is 19.1 Å². The summed E-state index contributed by atoms with van der Waals surface area (Å²) in [4.78, 5) is 42.6. The Balaban J connectivity index is 2.82. The molecule has 1 aliphatic rings. The van der Waals surface area contributed by atoms with Crippen LogP contribution in [0.5, 0.6) is 0 Å². The fourth-order valence-electron chi connectivity index (χ4n) is 3.66. The highest BCUT2D eigenvalue weighted by Gasteiger charge is 2.20. The molecule has 1 fully saturated rings. The van der Waals surface area contributed by atoms with Crippen molar-refractivity contribution >= 4 is 17.8 Å². The van der Waals surface area contributed by atoms with Gasteiger partial charge in [-0.15, -0.1) is 0 Å². The summed E-state index contributed by atoms with van der Waals surface area (Å²) in [5.41, 5.74) is 0. The minimum Gasteiger partial charge on any atom is -0.512 e. The van der Waals surface area contributed by atoms with Crippen molar-refractivity contribution in [3.8, 4) is 0 Å². The Morgan fingerprint density at radius 1 is 0.765 bits per heavy atom. The van der Waals surface area contributed by atoms with Gasteiger partial charge in [-0.25, -0.2) is 0 Å². The van der Waals surface area contributed by atoms with Crippen LogP contribution >= 0.6 is 0 Å². The first-order valence-electron chi connectivity index (χ1n) is 11.7. The average Bonchev–Trinajstić information content (AvgIpc) is 2.74. The van der Waals surface area contributed by atoms with E-state index in [2.05, 4.69) is 11.9 Å². The number of carbonyl (C=O) groups excluding carboxylic acids is 1. The van der Waals surface area contributed by atoms with Crippen LogP contribution in [0.25, 0.3) is 0 Å². The van der Waals surface area contributed by atoms with Crippen LogP contribution in [0, 0.1) is 0 Å². The molecule has 1 heterocycles. The van der Waals surface area contributed by atoms with Crippen LogP contribution in [0.4, 0.5) is 0 Å². The number of hydrogen-bond acceptors (Lipinski definition) is 9. The molecule has 34 heavy (non-hydrogen) atoms. The molecule has 0 aromatic rings. The second kappa shape index (κ2) is 17.2. The van der Waals surface area contributed by atoms with Gasteiger partial charge in [-0.1, -0.05) is 6.58 Å². The van der Waals surface area contributed by atoms with Gasteiger partial charge in [0.2, 0.25) is 5.91 Å². The first-order chi connectivity index (χ1) is 16.2. The second-order valence-corrected chi connectivity index (χ2v) is 8.36. The molecule has 1 saturated heterocycles. The molecule has 0 aromatic heterocycles. The van der Waals surface area contributed by atoms with Gasteiger partial charge in [0.15, 0.2) is 0 Å². The highest BCUT2D eigenvalue weighted by molar-refractivity contribution is 5.78. The Morgan fingerprint density at radius 2 is 1.18 bits per heavy atom. The molecule has 0 spiro atoms. The van der Waals surface area contributed by atoms with Gasteiger partial charge in [-0.2, -0.15) is 0 Å². The van der Waals surface area contributed by atoms with E-state index in [0.29, 0.717) is 72.1 Å². The molecule has 1 amide bonds. The van der Waals surface area contributed by atoms with E-state index < -0.39 is 11.9 Å². The van der Waals surface area contributed by atoms with E-state index >= 15 is 0 Å². The topological polar surface area (TPSA) is 146 Å². The Labute approximate surface area is 201 Å². The summed E-state index contributed by atoms with van der Waals surface area (Å²) in [5.74, 6) is -2.00. The van der Waals surface area contributed by atoms with Crippen molar-refractivity contribution in [1.82, 2.24) is 24.9 Å². The molecule has 0 bridgehead atoms. The van der Waals surface area contributed by atoms with Crippen LogP contribution in [-0.4, -0.2) is 151 Å². The van der Waals surface area contributed by atoms with Gasteiger partial charge in [0.25, 0.3) is 0 Å². The van der Waals surface area contributed by atoms with Crippen molar-refractivity contribution in [3.05, 3.63) is 12.3 Å². The quantitative estimate of drug-likeness (QED) is 0.187. The molecule has 0 aliphatic carbocycles. The summed E-state index contributed by atoms with van der Waals surface area (Å²) in [7, 11) is 0. The standard InChI is InChI=1S/C22H41N5O7/c1-3-34-14-4-5-23-20(29)16-25-8-12-26(17-21(30)31)10-6-24(15-19(2)28)7-11-27(13-9-25)18-22(32)33/h28H,2-18H2,1H3,(H,23,29)(H,30,31)(H,32,33). The molecule has 12 heteroatoms. The van der Waals surface area contributed by atoms with Gasteiger partial charge < -0.3 is 25.4 Å². The SMILES string of the molecule is C=C(O)CN1CCN(CC(=O)O)CCN(CC(=O)NCCCOCC)CCN(CC(=O)O)CC1. The van der Waals surface area contributed by atoms with Crippen molar-refractivity contribution in [2.75, 3.05) is 98.3 Å². The van der Waals surface area contributed by atoms with Gasteiger partial charge in [0, 0.05) is 72.1 Å². The number of nitrogens with zero attached hydrogens (tertiary/aromatic N) is 4. The number of rotatable bonds is 13. The molecule has 12 nitrogen and oxygen atoms in total. The Bertz CT molecular complexity index is 617. The molecular weight excluding hydrogens is 446 g/mol. The summed E-state index contributed by atoms with van der Waals surface area (Å²) in [6.07, 6.45) is 0.717. The zero-order valence-electron chi connectivity index (χ0n) is 20.3. The molecule has 0 radical (unpaired) electrons. The minimum atomic E-state index is -0.934. The van der Waals surface area contributed by atoms with Crippen LogP contribution < -0.4 is 5.32 Å². The number of aliphatic carboxylic acids is 2. The van der Waals surface area contributed by atoms with Crippen LogP contribution in [0.3, 0.4) is 0 Å². The van der Waals surface area contributed by atoms with Crippen molar-refractivity contribution in [1.29, 1.82) is 0 Å². The van der Waals surface area contributed by atoms with Crippen molar-refractivity contribution in [2.24, 2.45) is 0 Å². The Hall–Kier alpha value is -2.25. The van der Waals surface area contributed by atoms with Gasteiger partial charge in [-0.05, 0) is 13.3 Å². The first kappa shape index (κ1) is 29.8. The third kappa shape index (κ3) is 14.8. The lowest BCUT2D eigenvalue weighted by atomic mass is 10.3. The van der Waals surface area contributed by atoms with E-state index in [4.69, 9.17) is 4.74 Å². The Kier molecular flexibility index (Phi) is 15.1. The van der Waals surface area contributed by atoms with E-state index in [-0.39, 0.29) is 37.8 Å². The second-order valence-electron chi connectivity index (χ2n) is 8.36. The molecule has 0 unspecified atom stereocenters. The molecule has 0 aromatic carbocycles. The zero-order chi connectivity index (χ0) is 25.3. The van der Waals surface area contributed by atoms with Crippen LogP contribution in [0.2, 0.25) is 0 Å². The summed E-state index contributed by atoms with van der Waals surface area (Å²) in [5, 5.41) is 31.1.